The summed E-state index contributed by atoms with van der Waals surface area (Å²) in [7, 11) is 0. The number of carbonyl (C=O) groups excluding carboxylic acids is 2. The van der Waals surface area contributed by atoms with Gasteiger partial charge in [-0.05, 0) is 59.8 Å². The fourth-order valence-electron chi connectivity index (χ4n) is 1.97. The van der Waals surface area contributed by atoms with Crippen LogP contribution in [0.3, 0.4) is 0 Å². The maximum atomic E-state index is 12.3. The van der Waals surface area contributed by atoms with Gasteiger partial charge in [-0.2, -0.15) is 0 Å². The molecule has 2 aromatic carbocycles. The average molecular weight is 420 g/mol. The molecule has 118 valence electrons. The lowest BCUT2D eigenvalue weighted by molar-refractivity contribution is 0.0959. The third-order valence-corrected chi connectivity index (χ3v) is 3.87. The number of halogens is 1. The predicted molar refractivity (Wildman–Crippen MR) is 101 cm³/mol. The molecule has 0 saturated carbocycles. The summed E-state index contributed by atoms with van der Waals surface area (Å²) < 4.78 is 0.916. The summed E-state index contributed by atoms with van der Waals surface area (Å²) in [5, 5.41) is 5.53. The number of rotatable bonds is 5. The first kappa shape index (κ1) is 17.2. The molecule has 0 atom stereocenters. The van der Waals surface area contributed by atoms with Gasteiger partial charge in [-0.15, -0.1) is 6.58 Å². The third kappa shape index (κ3) is 4.66. The van der Waals surface area contributed by atoms with Gasteiger partial charge < -0.3 is 10.6 Å². The van der Waals surface area contributed by atoms with Crippen LogP contribution in [0.25, 0.3) is 0 Å². The van der Waals surface area contributed by atoms with Crippen LogP contribution in [0.1, 0.15) is 26.3 Å². The van der Waals surface area contributed by atoms with E-state index in [4.69, 9.17) is 0 Å². The normalized spacial score (nSPS) is 10.0. The number of hydrogen-bond donors (Lipinski definition) is 2. The van der Waals surface area contributed by atoms with Crippen molar-refractivity contribution in [1.29, 1.82) is 0 Å². The van der Waals surface area contributed by atoms with Gasteiger partial charge in [0.2, 0.25) is 0 Å². The van der Waals surface area contributed by atoms with Gasteiger partial charge in [0.15, 0.2) is 0 Å². The van der Waals surface area contributed by atoms with Crippen molar-refractivity contribution < 1.29 is 9.59 Å². The lowest BCUT2D eigenvalue weighted by Gasteiger charge is -2.12. The third-order valence-electron chi connectivity index (χ3n) is 3.20. The summed E-state index contributed by atoms with van der Waals surface area (Å²) in [6.07, 6.45) is 1.61. The standard InChI is InChI=1S/C18H17IN2O2/c1-3-10-20-18(23)15-11-14(19)8-9-16(15)21-17(22)13-6-4-12(2)5-7-13/h3-9,11H,1,10H2,2H3,(H,20,23)(H,21,22). The lowest BCUT2D eigenvalue weighted by Crippen LogP contribution is -2.25. The monoisotopic (exact) mass is 420 g/mol. The van der Waals surface area contributed by atoms with Crippen molar-refractivity contribution in [2.24, 2.45) is 0 Å². The molecule has 0 aromatic heterocycles. The highest BCUT2D eigenvalue weighted by molar-refractivity contribution is 14.1. The Morgan fingerprint density at radius 1 is 1.13 bits per heavy atom. The van der Waals surface area contributed by atoms with Crippen molar-refractivity contribution in [3.8, 4) is 0 Å². The SMILES string of the molecule is C=CCNC(=O)c1cc(I)ccc1NC(=O)c1ccc(C)cc1. The van der Waals surface area contributed by atoms with E-state index in [0.717, 1.165) is 9.13 Å². The molecule has 0 fully saturated rings. The first-order chi connectivity index (χ1) is 11.0. The average Bonchev–Trinajstić information content (AvgIpc) is 2.54. The molecule has 2 N–H and O–H groups in total. The van der Waals surface area contributed by atoms with Crippen LogP contribution in [0.5, 0.6) is 0 Å². The maximum absolute atomic E-state index is 12.3. The molecule has 2 aromatic rings. The summed E-state index contributed by atoms with van der Waals surface area (Å²) in [6.45, 7) is 5.91. The van der Waals surface area contributed by atoms with E-state index in [0.29, 0.717) is 23.4 Å². The summed E-state index contributed by atoms with van der Waals surface area (Å²) >= 11 is 2.13. The quantitative estimate of drug-likeness (QED) is 0.572. The molecule has 23 heavy (non-hydrogen) atoms. The Morgan fingerprint density at radius 3 is 2.48 bits per heavy atom. The molecule has 0 spiro atoms. The number of anilines is 1. The number of carbonyl (C=O) groups is 2. The zero-order valence-electron chi connectivity index (χ0n) is 12.7. The van der Waals surface area contributed by atoms with Crippen LogP contribution in [-0.4, -0.2) is 18.4 Å². The number of amides is 2. The fourth-order valence-corrected chi connectivity index (χ4v) is 2.46. The van der Waals surface area contributed by atoms with E-state index in [-0.39, 0.29) is 11.8 Å². The van der Waals surface area contributed by atoms with Crippen LogP contribution in [0.2, 0.25) is 0 Å². The Balaban J connectivity index is 2.25. The van der Waals surface area contributed by atoms with Crippen LogP contribution >= 0.6 is 22.6 Å². The van der Waals surface area contributed by atoms with E-state index in [1.807, 2.05) is 25.1 Å². The highest BCUT2D eigenvalue weighted by Gasteiger charge is 2.14. The zero-order valence-corrected chi connectivity index (χ0v) is 14.9. The van der Waals surface area contributed by atoms with Crippen molar-refractivity contribution in [3.63, 3.8) is 0 Å². The minimum absolute atomic E-state index is 0.246. The highest BCUT2D eigenvalue weighted by atomic mass is 127. The lowest BCUT2D eigenvalue weighted by atomic mass is 10.1. The second-order valence-electron chi connectivity index (χ2n) is 5.01. The summed E-state index contributed by atoms with van der Waals surface area (Å²) in [5.41, 5.74) is 2.55. The molecular formula is C18H17IN2O2. The second kappa shape index (κ2) is 7.92. The van der Waals surface area contributed by atoms with Crippen molar-refractivity contribution in [2.75, 3.05) is 11.9 Å². The molecule has 0 unspecified atom stereocenters. The molecule has 0 aliphatic rings. The minimum Gasteiger partial charge on any atom is -0.349 e. The Hall–Kier alpha value is -2.15. The zero-order chi connectivity index (χ0) is 16.8. The molecule has 4 nitrogen and oxygen atoms in total. The van der Waals surface area contributed by atoms with E-state index >= 15 is 0 Å². The van der Waals surface area contributed by atoms with E-state index in [1.165, 1.54) is 0 Å². The molecule has 0 bridgehead atoms. The van der Waals surface area contributed by atoms with Crippen LogP contribution < -0.4 is 10.6 Å². The molecular weight excluding hydrogens is 403 g/mol. The van der Waals surface area contributed by atoms with Gasteiger partial charge in [-0.1, -0.05) is 23.8 Å². The molecule has 0 aliphatic heterocycles. The van der Waals surface area contributed by atoms with Crippen molar-refractivity contribution in [1.82, 2.24) is 5.32 Å². The van der Waals surface area contributed by atoms with Crippen LogP contribution in [0.4, 0.5) is 5.69 Å². The fraction of sp³-hybridized carbons (Fsp3) is 0.111. The van der Waals surface area contributed by atoms with E-state index < -0.39 is 0 Å². The minimum atomic E-state index is -0.248. The number of nitrogens with one attached hydrogen (secondary N) is 2. The van der Waals surface area contributed by atoms with Gasteiger partial charge in [-0.25, -0.2) is 0 Å². The van der Waals surface area contributed by atoms with E-state index in [2.05, 4.69) is 39.8 Å². The van der Waals surface area contributed by atoms with Crippen LogP contribution in [0, 0.1) is 10.5 Å². The largest absolute Gasteiger partial charge is 0.349 e. The van der Waals surface area contributed by atoms with Crippen LogP contribution in [-0.2, 0) is 0 Å². The van der Waals surface area contributed by atoms with Crippen molar-refractivity contribution >= 4 is 40.1 Å². The molecule has 0 radical (unpaired) electrons. The van der Waals surface area contributed by atoms with Gasteiger partial charge >= 0.3 is 0 Å². The Bertz CT molecular complexity index is 739. The van der Waals surface area contributed by atoms with Gasteiger partial charge in [0.1, 0.15) is 0 Å². The van der Waals surface area contributed by atoms with E-state index in [1.54, 1.807) is 30.3 Å². The van der Waals surface area contributed by atoms with Gasteiger partial charge in [0, 0.05) is 15.7 Å². The van der Waals surface area contributed by atoms with E-state index in [9.17, 15) is 9.59 Å². The number of hydrogen-bond acceptors (Lipinski definition) is 2. The maximum Gasteiger partial charge on any atom is 0.255 e. The topological polar surface area (TPSA) is 58.2 Å². The van der Waals surface area contributed by atoms with Crippen molar-refractivity contribution in [3.05, 3.63) is 75.4 Å². The summed E-state index contributed by atoms with van der Waals surface area (Å²) in [6, 6.07) is 12.6. The Labute approximate surface area is 149 Å². The summed E-state index contributed by atoms with van der Waals surface area (Å²) in [4.78, 5) is 24.6. The van der Waals surface area contributed by atoms with Gasteiger partial charge in [0.05, 0.1) is 11.3 Å². The molecule has 0 aliphatic carbocycles. The number of aryl methyl sites for hydroxylation is 1. The Morgan fingerprint density at radius 2 is 1.83 bits per heavy atom. The first-order valence-electron chi connectivity index (χ1n) is 7.08. The first-order valence-corrected chi connectivity index (χ1v) is 8.16. The smallest absolute Gasteiger partial charge is 0.255 e. The molecule has 0 saturated heterocycles. The molecule has 2 amide bonds. The van der Waals surface area contributed by atoms with Crippen LogP contribution in [0.15, 0.2) is 55.1 Å². The van der Waals surface area contributed by atoms with Gasteiger partial charge in [-0.3, -0.25) is 9.59 Å². The van der Waals surface area contributed by atoms with Crippen molar-refractivity contribution in [2.45, 2.75) is 6.92 Å². The van der Waals surface area contributed by atoms with Gasteiger partial charge in [0.25, 0.3) is 11.8 Å². The number of benzene rings is 2. The highest BCUT2D eigenvalue weighted by Crippen LogP contribution is 2.20. The second-order valence-corrected chi connectivity index (χ2v) is 6.25. The molecule has 2 rings (SSSR count). The Kier molecular flexibility index (Phi) is 5.92. The molecule has 5 heteroatoms. The molecule has 0 heterocycles. The predicted octanol–water partition coefficient (Wildman–Crippen LogP) is 3.77. The summed E-state index contributed by atoms with van der Waals surface area (Å²) in [5.74, 6) is -0.494.